The Morgan fingerprint density at radius 1 is 0.633 bits per heavy atom. The van der Waals surface area contributed by atoms with E-state index in [0.717, 1.165) is 88.0 Å². The van der Waals surface area contributed by atoms with Crippen LogP contribution in [0.25, 0.3) is 21.8 Å². The van der Waals surface area contributed by atoms with Crippen molar-refractivity contribution in [3.8, 4) is 23.3 Å². The van der Waals surface area contributed by atoms with Gasteiger partial charge >= 0.3 is 0 Å². The molecule has 13 heteroatoms. The second-order valence-corrected chi connectivity index (χ2v) is 16.2. The Bertz CT molecular complexity index is 2700. The van der Waals surface area contributed by atoms with Crippen molar-refractivity contribution >= 4 is 73.8 Å². The van der Waals surface area contributed by atoms with Gasteiger partial charge in [0.05, 0.1) is 32.5 Å². The standard InChI is InChI=1S/C31H32Cl2N4O2.C16H14ClN3O/c1-4-36-9-11-37(12-10-36)30-8-6-24(32)15-23(30)17-25(38)16-22-5-7-26(18-28(22)33)39-31-27-13-20(2)21(3)14-29(27)34-19-35-31;1-9-5-12-15(6-10(9)2)19-8-20-16(12)21-11-3-4-14(18)13(17)7-11/h5-8,13-15,18-19H,4,9-12,16-17H2,1-3H3;3-8H,18H2,1-2H3. The van der Waals surface area contributed by atoms with Crippen LogP contribution in [0.3, 0.4) is 0 Å². The van der Waals surface area contributed by atoms with Crippen LogP contribution >= 0.6 is 34.8 Å². The molecular weight excluding hydrogens is 817 g/mol. The Labute approximate surface area is 365 Å². The number of aromatic nitrogens is 4. The number of anilines is 2. The van der Waals surface area contributed by atoms with Crippen LogP contribution in [0, 0.1) is 27.7 Å². The number of fused-ring (bicyclic) bond motifs is 2. The number of Topliss-reactive ketones (excluding diaryl/α,β-unsaturated/α-hetero) is 1. The Hall–Kier alpha value is -5.52. The van der Waals surface area contributed by atoms with Gasteiger partial charge in [-0.15, -0.1) is 0 Å². The van der Waals surface area contributed by atoms with Gasteiger partial charge < -0.3 is 25.0 Å². The van der Waals surface area contributed by atoms with E-state index in [2.05, 4.69) is 50.5 Å². The number of hydrogen-bond donors (Lipinski definition) is 1. The maximum atomic E-state index is 13.2. The lowest BCUT2D eigenvalue weighted by Gasteiger charge is -2.36. The summed E-state index contributed by atoms with van der Waals surface area (Å²) in [7, 11) is 0. The third-order valence-corrected chi connectivity index (χ3v) is 11.7. The average Bonchev–Trinajstić information content (AvgIpc) is 3.22. The first-order valence-electron chi connectivity index (χ1n) is 19.8. The van der Waals surface area contributed by atoms with Gasteiger partial charge in [0.1, 0.15) is 29.9 Å². The van der Waals surface area contributed by atoms with Crippen LogP contribution in [-0.4, -0.2) is 63.3 Å². The molecule has 1 aliphatic rings. The summed E-state index contributed by atoms with van der Waals surface area (Å²) in [6, 6.07) is 24.5. The molecular formula is C47H46Cl3N7O3. The molecule has 0 radical (unpaired) electrons. The first-order chi connectivity index (χ1) is 28.8. The molecule has 8 rings (SSSR count). The highest BCUT2D eigenvalue weighted by atomic mass is 35.5. The summed E-state index contributed by atoms with van der Waals surface area (Å²) in [6.45, 7) is 15.3. The van der Waals surface area contributed by atoms with Crippen LogP contribution in [0.5, 0.6) is 23.3 Å². The van der Waals surface area contributed by atoms with Crippen LogP contribution in [0.4, 0.5) is 11.4 Å². The minimum atomic E-state index is 0.0777. The molecule has 1 aliphatic heterocycles. The zero-order chi connectivity index (χ0) is 42.5. The number of benzene rings is 5. The number of piperazine rings is 1. The number of likely N-dealkylation sites (N-methyl/N-ethyl adjacent to an activating group) is 1. The summed E-state index contributed by atoms with van der Waals surface area (Å²) in [4.78, 5) is 35.2. The summed E-state index contributed by atoms with van der Waals surface area (Å²) >= 11 is 18.9. The summed E-state index contributed by atoms with van der Waals surface area (Å²) in [5, 5.41) is 3.28. The van der Waals surface area contributed by atoms with E-state index in [1.165, 1.54) is 18.2 Å². The van der Waals surface area contributed by atoms with E-state index in [-0.39, 0.29) is 12.2 Å². The Morgan fingerprint density at radius 3 is 1.72 bits per heavy atom. The van der Waals surface area contributed by atoms with Crippen molar-refractivity contribution in [2.45, 2.75) is 47.5 Å². The second kappa shape index (κ2) is 18.8. The van der Waals surface area contributed by atoms with Gasteiger partial charge in [0.15, 0.2) is 0 Å². The quantitative estimate of drug-likeness (QED) is 0.133. The van der Waals surface area contributed by atoms with E-state index in [1.807, 2.05) is 68.4 Å². The Balaban J connectivity index is 0.000000218. The van der Waals surface area contributed by atoms with Crippen molar-refractivity contribution in [1.82, 2.24) is 24.8 Å². The lowest BCUT2D eigenvalue weighted by atomic mass is 10.0. The number of ketones is 1. The van der Waals surface area contributed by atoms with Gasteiger partial charge in [-0.25, -0.2) is 19.9 Å². The van der Waals surface area contributed by atoms with Gasteiger partial charge in [-0.05, 0) is 134 Å². The summed E-state index contributed by atoms with van der Waals surface area (Å²) in [6.07, 6.45) is 3.51. The van der Waals surface area contributed by atoms with E-state index in [1.54, 1.807) is 24.3 Å². The second-order valence-electron chi connectivity index (χ2n) is 15.0. The molecule has 0 atom stereocenters. The molecule has 0 saturated carbocycles. The maximum Gasteiger partial charge on any atom is 0.230 e. The van der Waals surface area contributed by atoms with Crippen LogP contribution in [0.2, 0.25) is 15.1 Å². The predicted molar refractivity (Wildman–Crippen MR) is 244 cm³/mol. The minimum Gasteiger partial charge on any atom is -0.438 e. The average molecular weight is 863 g/mol. The zero-order valence-electron chi connectivity index (χ0n) is 34.2. The van der Waals surface area contributed by atoms with E-state index in [4.69, 9.17) is 50.0 Å². The van der Waals surface area contributed by atoms with E-state index >= 15 is 0 Å². The number of ether oxygens (including phenoxy) is 2. The fourth-order valence-corrected chi connectivity index (χ4v) is 7.68. The van der Waals surface area contributed by atoms with E-state index in [0.29, 0.717) is 50.4 Å². The third-order valence-electron chi connectivity index (χ3n) is 10.8. The van der Waals surface area contributed by atoms with Crippen molar-refractivity contribution in [3.05, 3.63) is 140 Å². The molecule has 0 unspecified atom stereocenters. The van der Waals surface area contributed by atoms with Gasteiger partial charge in [0.2, 0.25) is 11.8 Å². The van der Waals surface area contributed by atoms with Crippen molar-refractivity contribution < 1.29 is 14.3 Å². The number of carbonyl (C=O) groups excluding carboxylic acids is 1. The number of carbonyl (C=O) groups is 1. The highest BCUT2D eigenvalue weighted by Gasteiger charge is 2.20. The molecule has 3 heterocycles. The topological polar surface area (TPSA) is 120 Å². The largest absolute Gasteiger partial charge is 0.438 e. The molecule has 0 aliphatic carbocycles. The lowest BCUT2D eigenvalue weighted by molar-refractivity contribution is -0.117. The van der Waals surface area contributed by atoms with Crippen LogP contribution in [-0.2, 0) is 17.6 Å². The monoisotopic (exact) mass is 861 g/mol. The third kappa shape index (κ3) is 10.1. The fraction of sp³-hybridized carbons (Fsp3) is 0.255. The molecule has 0 bridgehead atoms. The van der Waals surface area contributed by atoms with E-state index < -0.39 is 0 Å². The van der Waals surface area contributed by atoms with Crippen molar-refractivity contribution in [3.63, 3.8) is 0 Å². The number of rotatable bonds is 10. The molecule has 0 amide bonds. The van der Waals surface area contributed by atoms with Crippen molar-refractivity contribution in [2.24, 2.45) is 0 Å². The molecule has 2 N–H and O–H groups in total. The number of hydrogen-bond acceptors (Lipinski definition) is 10. The first-order valence-corrected chi connectivity index (χ1v) is 20.9. The predicted octanol–water partition coefficient (Wildman–Crippen LogP) is 11.1. The Kier molecular flexibility index (Phi) is 13.4. The number of nitrogen functional groups attached to an aromatic ring is 1. The number of halogens is 3. The van der Waals surface area contributed by atoms with Gasteiger partial charge in [-0.3, -0.25) is 4.79 Å². The van der Waals surface area contributed by atoms with Gasteiger partial charge in [-0.1, -0.05) is 47.8 Å². The highest BCUT2D eigenvalue weighted by molar-refractivity contribution is 6.33. The molecule has 0 spiro atoms. The fourth-order valence-electron chi connectivity index (χ4n) is 7.07. The molecule has 10 nitrogen and oxygen atoms in total. The smallest absolute Gasteiger partial charge is 0.230 e. The molecule has 308 valence electrons. The molecule has 1 fully saturated rings. The van der Waals surface area contributed by atoms with Crippen molar-refractivity contribution in [1.29, 1.82) is 0 Å². The maximum absolute atomic E-state index is 13.2. The molecule has 5 aromatic carbocycles. The molecule has 2 aromatic heterocycles. The highest BCUT2D eigenvalue weighted by Crippen LogP contribution is 2.34. The zero-order valence-corrected chi connectivity index (χ0v) is 36.5. The number of nitrogens with two attached hydrogens (primary N) is 1. The van der Waals surface area contributed by atoms with Crippen LogP contribution < -0.4 is 20.1 Å². The summed E-state index contributed by atoms with van der Waals surface area (Å²) < 4.78 is 11.9. The first kappa shape index (κ1) is 42.6. The summed E-state index contributed by atoms with van der Waals surface area (Å²) in [5.41, 5.74) is 15.3. The van der Waals surface area contributed by atoms with Crippen LogP contribution in [0.1, 0.15) is 40.3 Å². The van der Waals surface area contributed by atoms with Crippen LogP contribution in [0.15, 0.2) is 91.5 Å². The van der Waals surface area contributed by atoms with Gasteiger partial charge in [0, 0.05) is 60.8 Å². The lowest BCUT2D eigenvalue weighted by Crippen LogP contribution is -2.46. The SMILES string of the molecule is CCN1CCN(c2ccc(Cl)cc2CC(=O)Cc2ccc(Oc3ncnc4cc(C)c(C)cc34)cc2Cl)CC1.Cc1cc2ncnc(Oc3ccc(N)c(Cl)c3)c2cc1C. The number of aryl methyl sites for hydroxylation is 4. The molecule has 60 heavy (non-hydrogen) atoms. The van der Waals surface area contributed by atoms with Crippen molar-refractivity contribution in [2.75, 3.05) is 43.4 Å². The van der Waals surface area contributed by atoms with Gasteiger partial charge in [-0.2, -0.15) is 0 Å². The summed E-state index contributed by atoms with van der Waals surface area (Å²) in [5.74, 6) is 2.19. The normalized spacial score (nSPS) is 13.0. The number of nitrogens with zero attached hydrogens (tertiary/aromatic N) is 6. The minimum absolute atomic E-state index is 0.0777. The molecule has 7 aromatic rings. The Morgan fingerprint density at radius 2 is 1.17 bits per heavy atom. The van der Waals surface area contributed by atoms with E-state index in [9.17, 15) is 4.79 Å². The van der Waals surface area contributed by atoms with Gasteiger partial charge in [0.25, 0.3) is 0 Å². The molecule has 1 saturated heterocycles.